The van der Waals surface area contributed by atoms with E-state index >= 15 is 0 Å². The quantitative estimate of drug-likeness (QED) is 0.576. The van der Waals surface area contributed by atoms with E-state index in [2.05, 4.69) is 15.0 Å². The zero-order chi connectivity index (χ0) is 21.1. The van der Waals surface area contributed by atoms with Crippen LogP contribution < -0.4 is 4.90 Å². The first-order valence-electron chi connectivity index (χ1n) is 9.61. The minimum Gasteiger partial charge on any atom is -0.322 e. The molecule has 1 fully saturated rings. The predicted molar refractivity (Wildman–Crippen MR) is 109 cm³/mol. The highest BCUT2D eigenvalue weighted by molar-refractivity contribution is 6.30. The standard InChI is InChI=1S/C21H20ClF3N4O/c22-18-7-1-15(2-8-18)9-10-28-11-13-29(14-12-28)20-26-19(27-30-20)16-3-5-17(6-4-16)21(23,24)25/h1-8H,9-14H2. The third-order valence-electron chi connectivity index (χ3n) is 5.16. The monoisotopic (exact) mass is 436 g/mol. The average molecular weight is 437 g/mol. The molecule has 4 rings (SSSR count). The van der Waals surface area contributed by atoms with Gasteiger partial charge >= 0.3 is 12.2 Å². The number of halogens is 4. The van der Waals surface area contributed by atoms with Crippen LogP contribution in [0, 0.1) is 0 Å². The summed E-state index contributed by atoms with van der Waals surface area (Å²) in [5.41, 5.74) is 1.03. The maximum atomic E-state index is 12.7. The highest BCUT2D eigenvalue weighted by atomic mass is 35.5. The summed E-state index contributed by atoms with van der Waals surface area (Å²) in [6.45, 7) is 4.18. The fourth-order valence-corrected chi connectivity index (χ4v) is 3.50. The smallest absolute Gasteiger partial charge is 0.322 e. The van der Waals surface area contributed by atoms with Crippen molar-refractivity contribution < 1.29 is 17.7 Å². The van der Waals surface area contributed by atoms with Crippen molar-refractivity contribution in [1.82, 2.24) is 15.0 Å². The van der Waals surface area contributed by atoms with Crippen molar-refractivity contribution >= 4 is 17.6 Å². The van der Waals surface area contributed by atoms with Gasteiger partial charge in [0.1, 0.15) is 0 Å². The topological polar surface area (TPSA) is 45.4 Å². The molecule has 0 unspecified atom stereocenters. The molecule has 0 saturated carbocycles. The number of anilines is 1. The fraction of sp³-hybridized carbons (Fsp3) is 0.333. The lowest BCUT2D eigenvalue weighted by atomic mass is 10.1. The number of piperazine rings is 1. The number of benzene rings is 2. The Labute approximate surface area is 177 Å². The van der Waals surface area contributed by atoms with Crippen molar-refractivity contribution in [3.05, 3.63) is 64.7 Å². The van der Waals surface area contributed by atoms with Crippen LogP contribution in [0.25, 0.3) is 11.4 Å². The number of hydrogen-bond acceptors (Lipinski definition) is 5. The molecule has 5 nitrogen and oxygen atoms in total. The lowest BCUT2D eigenvalue weighted by Crippen LogP contribution is -2.47. The molecule has 0 atom stereocenters. The van der Waals surface area contributed by atoms with Crippen molar-refractivity contribution in [3.8, 4) is 11.4 Å². The fourth-order valence-electron chi connectivity index (χ4n) is 3.37. The van der Waals surface area contributed by atoms with Gasteiger partial charge in [-0.1, -0.05) is 41.0 Å². The summed E-state index contributed by atoms with van der Waals surface area (Å²) >= 11 is 5.92. The molecular formula is C21H20ClF3N4O. The molecule has 0 N–H and O–H groups in total. The molecule has 2 heterocycles. The Morgan fingerprint density at radius 1 is 0.933 bits per heavy atom. The Balaban J connectivity index is 1.31. The van der Waals surface area contributed by atoms with E-state index in [1.165, 1.54) is 17.7 Å². The molecule has 9 heteroatoms. The molecule has 158 valence electrons. The first-order valence-corrected chi connectivity index (χ1v) is 9.99. The van der Waals surface area contributed by atoms with Crippen molar-refractivity contribution in [3.63, 3.8) is 0 Å². The van der Waals surface area contributed by atoms with Gasteiger partial charge in [-0.05, 0) is 36.2 Å². The lowest BCUT2D eigenvalue weighted by Gasteiger charge is -2.33. The van der Waals surface area contributed by atoms with Crippen LogP contribution in [-0.2, 0) is 12.6 Å². The molecule has 1 aliphatic rings. The summed E-state index contributed by atoms with van der Waals surface area (Å²) in [7, 11) is 0. The van der Waals surface area contributed by atoms with Gasteiger partial charge in [-0.15, -0.1) is 0 Å². The summed E-state index contributed by atoms with van der Waals surface area (Å²) in [5, 5.41) is 4.66. The Hall–Kier alpha value is -2.58. The van der Waals surface area contributed by atoms with E-state index in [0.717, 1.165) is 56.3 Å². The van der Waals surface area contributed by atoms with Crippen molar-refractivity contribution in [2.24, 2.45) is 0 Å². The van der Waals surface area contributed by atoms with Crippen LogP contribution in [0.5, 0.6) is 0 Å². The van der Waals surface area contributed by atoms with Crippen molar-refractivity contribution in [2.45, 2.75) is 12.6 Å². The first-order chi connectivity index (χ1) is 14.4. The van der Waals surface area contributed by atoms with Gasteiger partial charge in [-0.3, -0.25) is 4.90 Å². The molecule has 1 aromatic heterocycles. The average Bonchev–Trinajstić information content (AvgIpc) is 3.23. The maximum Gasteiger partial charge on any atom is 0.416 e. The summed E-state index contributed by atoms with van der Waals surface area (Å²) in [4.78, 5) is 8.73. The summed E-state index contributed by atoms with van der Waals surface area (Å²) in [6, 6.07) is 13.0. The van der Waals surface area contributed by atoms with E-state index in [0.29, 0.717) is 11.6 Å². The molecule has 0 aliphatic carbocycles. The normalized spacial score (nSPS) is 15.5. The third kappa shape index (κ3) is 4.94. The number of alkyl halides is 3. The van der Waals surface area contributed by atoms with Gasteiger partial charge in [-0.2, -0.15) is 18.2 Å². The molecule has 0 spiro atoms. The SMILES string of the molecule is FC(F)(F)c1ccc(-c2noc(N3CCN(CCc4ccc(Cl)cc4)CC3)n2)cc1. The molecule has 0 radical (unpaired) electrons. The van der Waals surface area contributed by atoms with E-state index in [1.54, 1.807) is 0 Å². The van der Waals surface area contributed by atoms with E-state index in [9.17, 15) is 13.2 Å². The van der Waals surface area contributed by atoms with Gasteiger partial charge in [0.15, 0.2) is 0 Å². The zero-order valence-electron chi connectivity index (χ0n) is 16.1. The second-order valence-electron chi connectivity index (χ2n) is 7.18. The third-order valence-corrected chi connectivity index (χ3v) is 5.41. The Kier molecular flexibility index (Phi) is 5.97. The van der Waals surface area contributed by atoms with E-state index in [4.69, 9.17) is 16.1 Å². The van der Waals surface area contributed by atoms with Crippen LogP contribution in [0.1, 0.15) is 11.1 Å². The van der Waals surface area contributed by atoms with Crippen LogP contribution in [-0.4, -0.2) is 47.8 Å². The van der Waals surface area contributed by atoms with Crippen molar-refractivity contribution in [2.75, 3.05) is 37.6 Å². The maximum absolute atomic E-state index is 12.7. The van der Waals surface area contributed by atoms with Crippen LogP contribution in [0.2, 0.25) is 5.02 Å². The Morgan fingerprint density at radius 3 is 2.23 bits per heavy atom. The number of rotatable bonds is 5. The molecule has 1 aliphatic heterocycles. The lowest BCUT2D eigenvalue weighted by molar-refractivity contribution is -0.137. The number of nitrogens with zero attached hydrogens (tertiary/aromatic N) is 4. The second-order valence-corrected chi connectivity index (χ2v) is 7.62. The van der Waals surface area contributed by atoms with Crippen LogP contribution >= 0.6 is 11.6 Å². The number of aromatic nitrogens is 2. The molecule has 2 aromatic carbocycles. The van der Waals surface area contributed by atoms with E-state index in [-0.39, 0.29) is 5.82 Å². The summed E-state index contributed by atoms with van der Waals surface area (Å²) in [5.74, 6) is 0.281. The highest BCUT2D eigenvalue weighted by Crippen LogP contribution is 2.30. The highest BCUT2D eigenvalue weighted by Gasteiger charge is 2.30. The predicted octanol–water partition coefficient (Wildman–Crippen LogP) is 4.77. The molecule has 0 bridgehead atoms. The number of hydrogen-bond donors (Lipinski definition) is 0. The van der Waals surface area contributed by atoms with Crippen LogP contribution in [0.3, 0.4) is 0 Å². The molecule has 1 saturated heterocycles. The summed E-state index contributed by atoms with van der Waals surface area (Å²) < 4.78 is 43.4. The largest absolute Gasteiger partial charge is 0.416 e. The Morgan fingerprint density at radius 2 is 1.60 bits per heavy atom. The minimum absolute atomic E-state index is 0.281. The van der Waals surface area contributed by atoms with Crippen LogP contribution in [0.15, 0.2) is 53.1 Å². The molecule has 30 heavy (non-hydrogen) atoms. The molecule has 3 aromatic rings. The summed E-state index contributed by atoms with van der Waals surface area (Å²) in [6.07, 6.45) is -3.41. The van der Waals surface area contributed by atoms with Gasteiger partial charge in [0.05, 0.1) is 5.56 Å². The van der Waals surface area contributed by atoms with Crippen LogP contribution in [0.4, 0.5) is 19.2 Å². The van der Waals surface area contributed by atoms with E-state index < -0.39 is 11.7 Å². The van der Waals surface area contributed by atoms with Crippen molar-refractivity contribution in [1.29, 1.82) is 0 Å². The van der Waals surface area contributed by atoms with Gasteiger partial charge < -0.3 is 9.42 Å². The minimum atomic E-state index is -4.37. The molecule has 0 amide bonds. The Bertz CT molecular complexity index is 965. The van der Waals surface area contributed by atoms with Gasteiger partial charge in [0.2, 0.25) is 5.82 Å². The second kappa shape index (κ2) is 8.65. The first kappa shape index (κ1) is 20.7. The van der Waals surface area contributed by atoms with Gasteiger partial charge in [0.25, 0.3) is 0 Å². The van der Waals surface area contributed by atoms with Gasteiger partial charge in [-0.25, -0.2) is 0 Å². The van der Waals surface area contributed by atoms with Gasteiger partial charge in [0, 0.05) is 43.3 Å². The zero-order valence-corrected chi connectivity index (χ0v) is 16.8. The van der Waals surface area contributed by atoms with E-state index in [1.807, 2.05) is 29.2 Å². The molecular weight excluding hydrogens is 417 g/mol.